The summed E-state index contributed by atoms with van der Waals surface area (Å²) in [5.41, 5.74) is 0. The third-order valence-electron chi connectivity index (χ3n) is 3.62. The van der Waals surface area contributed by atoms with Crippen LogP contribution in [-0.4, -0.2) is 85.9 Å². The van der Waals surface area contributed by atoms with Crippen LogP contribution in [0.3, 0.4) is 0 Å². The molecule has 6 nitrogen and oxygen atoms in total. The van der Waals surface area contributed by atoms with Crippen molar-refractivity contribution >= 4 is 0 Å². The summed E-state index contributed by atoms with van der Waals surface area (Å²) < 4.78 is 0. The van der Waals surface area contributed by atoms with Crippen molar-refractivity contribution in [3.05, 3.63) is 0 Å². The third-order valence-corrected chi connectivity index (χ3v) is 3.62. The number of aliphatic hydroxyl groups is 3. The van der Waals surface area contributed by atoms with Gasteiger partial charge in [-0.15, -0.1) is 0 Å². The van der Waals surface area contributed by atoms with Gasteiger partial charge in [-0.3, -0.25) is 0 Å². The number of hydrogen-bond acceptors (Lipinski definition) is 6. The normalized spacial score (nSPS) is 11.5. The summed E-state index contributed by atoms with van der Waals surface area (Å²) in [5.74, 6) is 0. The number of nitrogens with one attached hydrogen (secondary N) is 2. The maximum Gasteiger partial charge on any atom is 0.0431 e. The Morgan fingerprint density at radius 3 is 1.41 bits per heavy atom. The van der Waals surface area contributed by atoms with E-state index in [0.29, 0.717) is 0 Å². The Kier molecular flexibility index (Phi) is 18.6. The van der Waals surface area contributed by atoms with Crippen LogP contribution in [0.15, 0.2) is 0 Å². The lowest BCUT2D eigenvalue weighted by Crippen LogP contribution is -2.38. The first-order valence-corrected chi connectivity index (χ1v) is 8.81. The van der Waals surface area contributed by atoms with E-state index in [0.717, 1.165) is 84.3 Å². The van der Waals surface area contributed by atoms with Crippen molar-refractivity contribution in [2.24, 2.45) is 0 Å². The smallest absolute Gasteiger partial charge is 0.0431 e. The molecule has 0 atom stereocenters. The van der Waals surface area contributed by atoms with Gasteiger partial charge in [0.1, 0.15) is 0 Å². The monoisotopic (exact) mass is 319 g/mol. The number of aliphatic hydroxyl groups excluding tert-OH is 3. The van der Waals surface area contributed by atoms with E-state index in [1.807, 2.05) is 0 Å². The highest BCUT2D eigenvalue weighted by molar-refractivity contribution is 4.62. The highest BCUT2D eigenvalue weighted by Crippen LogP contribution is 1.95. The molecule has 6 heteroatoms. The number of nitrogens with zero attached hydrogens (tertiary/aromatic N) is 1. The van der Waals surface area contributed by atoms with Crippen LogP contribution in [0, 0.1) is 0 Å². The average molecular weight is 319 g/mol. The van der Waals surface area contributed by atoms with Crippen molar-refractivity contribution in [2.75, 3.05) is 65.6 Å². The van der Waals surface area contributed by atoms with Gasteiger partial charge in [0.05, 0.1) is 0 Å². The predicted molar refractivity (Wildman–Crippen MR) is 91.1 cm³/mol. The summed E-state index contributed by atoms with van der Waals surface area (Å²) >= 11 is 0. The quantitative estimate of drug-likeness (QED) is 0.225. The summed E-state index contributed by atoms with van der Waals surface area (Å²) in [6, 6.07) is 0. The maximum atomic E-state index is 8.89. The lowest BCUT2D eigenvalue weighted by molar-refractivity contribution is 0.239. The second-order valence-electron chi connectivity index (χ2n) is 5.63. The molecule has 22 heavy (non-hydrogen) atoms. The minimum absolute atomic E-state index is 0.270. The maximum absolute atomic E-state index is 8.89. The first-order valence-electron chi connectivity index (χ1n) is 8.81. The fraction of sp³-hybridized carbons (Fsp3) is 1.00. The number of unbranched alkanes of at least 4 members (excludes halogenated alkanes) is 3. The van der Waals surface area contributed by atoms with Crippen molar-refractivity contribution in [3.63, 3.8) is 0 Å². The van der Waals surface area contributed by atoms with E-state index in [-0.39, 0.29) is 19.8 Å². The number of hydrogen-bond donors (Lipinski definition) is 5. The summed E-state index contributed by atoms with van der Waals surface area (Å²) in [7, 11) is 0. The molecule has 0 amide bonds. The Bertz CT molecular complexity index is 193. The Morgan fingerprint density at radius 1 is 0.500 bits per heavy atom. The van der Waals surface area contributed by atoms with E-state index >= 15 is 0 Å². The Hall–Kier alpha value is -0.240. The van der Waals surface area contributed by atoms with Gasteiger partial charge in [-0.1, -0.05) is 0 Å². The number of rotatable bonds is 18. The van der Waals surface area contributed by atoms with Crippen LogP contribution in [0.2, 0.25) is 0 Å². The zero-order chi connectivity index (χ0) is 16.3. The van der Waals surface area contributed by atoms with Crippen LogP contribution in [-0.2, 0) is 0 Å². The molecule has 0 aromatic rings. The summed E-state index contributed by atoms with van der Waals surface area (Å²) in [6.45, 7) is 7.74. The minimum atomic E-state index is 0.270. The molecule has 0 aliphatic carbocycles. The third kappa shape index (κ3) is 16.1. The van der Waals surface area contributed by atoms with Crippen LogP contribution in [0.4, 0.5) is 0 Å². The molecule has 0 radical (unpaired) electrons. The largest absolute Gasteiger partial charge is 0.396 e. The zero-order valence-electron chi connectivity index (χ0n) is 14.1. The van der Waals surface area contributed by atoms with Gasteiger partial charge in [-0.25, -0.2) is 0 Å². The van der Waals surface area contributed by atoms with Crippen molar-refractivity contribution < 1.29 is 15.3 Å². The van der Waals surface area contributed by atoms with Gasteiger partial charge in [0, 0.05) is 46.0 Å². The van der Waals surface area contributed by atoms with Crippen molar-refractivity contribution in [1.82, 2.24) is 15.5 Å². The van der Waals surface area contributed by atoms with E-state index in [9.17, 15) is 0 Å². The van der Waals surface area contributed by atoms with Crippen molar-refractivity contribution in [1.29, 1.82) is 0 Å². The van der Waals surface area contributed by atoms with Crippen LogP contribution in [0.5, 0.6) is 0 Å². The van der Waals surface area contributed by atoms with Crippen LogP contribution in [0.1, 0.15) is 38.5 Å². The second-order valence-corrected chi connectivity index (χ2v) is 5.63. The molecular formula is C16H37N3O3. The molecule has 0 unspecified atom stereocenters. The molecule has 0 saturated carbocycles. The molecule has 0 aromatic heterocycles. The van der Waals surface area contributed by atoms with Crippen molar-refractivity contribution in [3.8, 4) is 0 Å². The zero-order valence-corrected chi connectivity index (χ0v) is 14.1. The molecule has 0 aromatic carbocycles. The molecule has 0 rings (SSSR count). The molecule has 0 heterocycles. The van der Waals surface area contributed by atoms with Gasteiger partial charge >= 0.3 is 0 Å². The van der Waals surface area contributed by atoms with Gasteiger partial charge in [0.15, 0.2) is 0 Å². The molecule has 0 saturated heterocycles. The Balaban J connectivity index is 3.65. The molecule has 0 fully saturated rings. The highest BCUT2D eigenvalue weighted by Gasteiger charge is 2.04. The standard InChI is InChI=1S/C16H37N3O3/c20-14-4-1-7-17-9-12-19(11-3-6-16-22)13-10-18-8-2-5-15-21/h17-18,20-22H,1-16H2. The van der Waals surface area contributed by atoms with E-state index in [4.69, 9.17) is 15.3 Å². The molecule has 0 aliphatic rings. The highest BCUT2D eigenvalue weighted by atomic mass is 16.3. The molecule has 0 aliphatic heterocycles. The molecule has 0 spiro atoms. The van der Waals surface area contributed by atoms with Crippen molar-refractivity contribution in [2.45, 2.75) is 38.5 Å². The lowest BCUT2D eigenvalue weighted by Gasteiger charge is -2.22. The molecule has 5 N–H and O–H groups in total. The van der Waals surface area contributed by atoms with Crippen LogP contribution >= 0.6 is 0 Å². The summed E-state index contributed by atoms with van der Waals surface area (Å²) in [5, 5.41) is 33.2. The first-order chi connectivity index (χ1) is 10.8. The summed E-state index contributed by atoms with van der Waals surface area (Å²) in [4.78, 5) is 2.42. The fourth-order valence-electron chi connectivity index (χ4n) is 2.23. The topological polar surface area (TPSA) is 88.0 Å². The van der Waals surface area contributed by atoms with Gasteiger partial charge in [-0.05, 0) is 58.2 Å². The van der Waals surface area contributed by atoms with Gasteiger partial charge < -0.3 is 30.9 Å². The average Bonchev–Trinajstić information content (AvgIpc) is 2.53. The van der Waals surface area contributed by atoms with Gasteiger partial charge in [0.2, 0.25) is 0 Å². The minimum Gasteiger partial charge on any atom is -0.396 e. The molecular weight excluding hydrogens is 282 g/mol. The summed E-state index contributed by atoms with van der Waals surface area (Å²) in [6.07, 6.45) is 5.67. The molecule has 134 valence electrons. The lowest BCUT2D eigenvalue weighted by atomic mass is 10.3. The van der Waals surface area contributed by atoms with Crippen LogP contribution in [0.25, 0.3) is 0 Å². The van der Waals surface area contributed by atoms with Gasteiger partial charge in [-0.2, -0.15) is 0 Å². The van der Waals surface area contributed by atoms with E-state index in [2.05, 4.69) is 15.5 Å². The van der Waals surface area contributed by atoms with Crippen LogP contribution < -0.4 is 10.6 Å². The Morgan fingerprint density at radius 2 is 0.955 bits per heavy atom. The van der Waals surface area contributed by atoms with E-state index in [1.165, 1.54) is 0 Å². The van der Waals surface area contributed by atoms with E-state index in [1.54, 1.807) is 0 Å². The Labute approximate surface area is 135 Å². The molecule has 0 bridgehead atoms. The second kappa shape index (κ2) is 18.8. The predicted octanol–water partition coefficient (Wildman–Crippen LogP) is -0.215. The van der Waals surface area contributed by atoms with Gasteiger partial charge in [0.25, 0.3) is 0 Å². The SMILES string of the molecule is OCCCCNCCN(CCCCO)CCNCCCCO. The van der Waals surface area contributed by atoms with E-state index < -0.39 is 0 Å². The first kappa shape index (κ1) is 21.8. The fourth-order valence-corrected chi connectivity index (χ4v) is 2.23.